The topological polar surface area (TPSA) is 45.2 Å². The molecule has 0 amide bonds. The fourth-order valence-corrected chi connectivity index (χ4v) is 9.99. The molecular formula is C67H45N5. The van der Waals surface area contributed by atoms with Crippen molar-refractivity contribution in [2.24, 2.45) is 0 Å². The Labute approximate surface area is 419 Å². The molecule has 2 aliphatic rings. The SMILES string of the molecule is C1=Cc2cc(-c3ccc(-c4cccc(-c5ccc6c(c5)C=Cc5ccccc5N6c5ccccc5)c4)cc3)ccc2N(c2ccc(-c3nc(-c4ccccc4)nc(-c4ccccc4)n3)cc2)c2ccccc21. The average Bonchev–Trinajstić information content (AvgIpc) is 3.73. The minimum Gasteiger partial charge on any atom is -0.309 e. The van der Waals surface area contributed by atoms with Gasteiger partial charge in [0, 0.05) is 28.1 Å². The van der Waals surface area contributed by atoms with Crippen molar-refractivity contribution in [3.63, 3.8) is 0 Å². The number of benzene rings is 10. The lowest BCUT2D eigenvalue weighted by atomic mass is 9.95. The number of hydrogen-bond acceptors (Lipinski definition) is 5. The number of aromatic nitrogens is 3. The van der Waals surface area contributed by atoms with Crippen LogP contribution in [0.2, 0.25) is 0 Å². The van der Waals surface area contributed by atoms with Gasteiger partial charge in [0.1, 0.15) is 0 Å². The van der Waals surface area contributed by atoms with Gasteiger partial charge in [-0.3, -0.25) is 0 Å². The molecule has 0 spiro atoms. The largest absolute Gasteiger partial charge is 0.309 e. The van der Waals surface area contributed by atoms with Gasteiger partial charge in [0.15, 0.2) is 17.5 Å². The fraction of sp³-hybridized carbons (Fsp3) is 0. The first-order valence-electron chi connectivity index (χ1n) is 24.3. The van der Waals surface area contributed by atoms with Gasteiger partial charge < -0.3 is 9.80 Å². The summed E-state index contributed by atoms with van der Waals surface area (Å²) in [6.07, 6.45) is 8.94. The van der Waals surface area contributed by atoms with E-state index in [-0.39, 0.29) is 0 Å². The molecule has 3 heterocycles. The molecule has 0 saturated heterocycles. The molecule has 10 aromatic carbocycles. The Bertz CT molecular complexity index is 3790. The summed E-state index contributed by atoms with van der Waals surface area (Å²) in [7, 11) is 0. The molecule has 2 aliphatic heterocycles. The molecule has 0 unspecified atom stereocenters. The number of fused-ring (bicyclic) bond motifs is 4. The highest BCUT2D eigenvalue weighted by atomic mass is 15.2. The molecule has 0 atom stereocenters. The molecular weight excluding hydrogens is 875 g/mol. The van der Waals surface area contributed by atoms with Gasteiger partial charge in [-0.1, -0.05) is 194 Å². The minimum absolute atomic E-state index is 0.626. The van der Waals surface area contributed by atoms with Gasteiger partial charge in [-0.15, -0.1) is 0 Å². The lowest BCUT2D eigenvalue weighted by molar-refractivity contribution is 1.07. The summed E-state index contributed by atoms with van der Waals surface area (Å²) in [4.78, 5) is 19.6. The first-order valence-corrected chi connectivity index (χ1v) is 24.3. The van der Waals surface area contributed by atoms with Gasteiger partial charge >= 0.3 is 0 Å². The maximum atomic E-state index is 4.99. The van der Waals surface area contributed by atoms with Gasteiger partial charge in [0.25, 0.3) is 0 Å². The van der Waals surface area contributed by atoms with Crippen LogP contribution in [0.15, 0.2) is 249 Å². The number of para-hydroxylation sites is 3. The van der Waals surface area contributed by atoms with Gasteiger partial charge in [0.05, 0.1) is 22.7 Å². The Balaban J connectivity index is 0.793. The van der Waals surface area contributed by atoms with Crippen LogP contribution in [0.25, 0.3) is 91.8 Å². The second-order valence-corrected chi connectivity index (χ2v) is 18.1. The summed E-state index contributed by atoms with van der Waals surface area (Å²) in [6.45, 7) is 0. The van der Waals surface area contributed by atoms with Crippen LogP contribution in [0.1, 0.15) is 22.3 Å². The van der Waals surface area contributed by atoms with Crippen LogP contribution in [0, 0.1) is 0 Å². The first-order chi connectivity index (χ1) is 35.7. The predicted octanol–water partition coefficient (Wildman–Crippen LogP) is 17.8. The van der Waals surface area contributed by atoms with Crippen LogP contribution in [0.5, 0.6) is 0 Å². The third-order valence-electron chi connectivity index (χ3n) is 13.6. The smallest absolute Gasteiger partial charge is 0.164 e. The number of anilines is 6. The average molecular weight is 920 g/mol. The minimum atomic E-state index is 0.626. The molecule has 11 aromatic rings. The van der Waals surface area contributed by atoms with E-state index in [0.29, 0.717) is 17.5 Å². The molecule has 0 aliphatic carbocycles. The summed E-state index contributed by atoms with van der Waals surface area (Å²) < 4.78 is 0. The van der Waals surface area contributed by atoms with Crippen molar-refractivity contribution >= 4 is 58.4 Å². The molecule has 72 heavy (non-hydrogen) atoms. The molecule has 5 heteroatoms. The van der Waals surface area contributed by atoms with Crippen molar-refractivity contribution in [2.75, 3.05) is 9.80 Å². The van der Waals surface area contributed by atoms with E-state index in [2.05, 4.69) is 222 Å². The Kier molecular flexibility index (Phi) is 10.8. The summed E-state index contributed by atoms with van der Waals surface area (Å²) >= 11 is 0. The number of rotatable bonds is 8. The molecule has 5 nitrogen and oxygen atoms in total. The van der Waals surface area contributed by atoms with Gasteiger partial charge in [-0.25, -0.2) is 15.0 Å². The van der Waals surface area contributed by atoms with E-state index in [1.807, 2.05) is 60.7 Å². The fourth-order valence-electron chi connectivity index (χ4n) is 9.99. The van der Waals surface area contributed by atoms with Crippen molar-refractivity contribution in [2.45, 2.75) is 0 Å². The molecule has 0 fully saturated rings. The Hall–Kier alpha value is -9.71. The van der Waals surface area contributed by atoms with Gasteiger partial charge in [-0.2, -0.15) is 0 Å². The highest BCUT2D eigenvalue weighted by Crippen LogP contribution is 2.45. The summed E-state index contributed by atoms with van der Waals surface area (Å²) in [5.41, 5.74) is 21.2. The third kappa shape index (κ3) is 8.05. The summed E-state index contributed by atoms with van der Waals surface area (Å²) in [6, 6.07) is 88.0. The lowest BCUT2D eigenvalue weighted by Gasteiger charge is -2.27. The maximum absolute atomic E-state index is 4.99. The highest BCUT2D eigenvalue weighted by molar-refractivity contribution is 5.96. The third-order valence-corrected chi connectivity index (χ3v) is 13.6. The zero-order chi connectivity index (χ0) is 47.8. The van der Waals surface area contributed by atoms with E-state index in [4.69, 9.17) is 15.0 Å². The maximum Gasteiger partial charge on any atom is 0.164 e. The zero-order valence-electron chi connectivity index (χ0n) is 39.2. The number of nitrogens with zero attached hydrogens (tertiary/aromatic N) is 5. The van der Waals surface area contributed by atoms with Crippen LogP contribution in [-0.2, 0) is 0 Å². The molecule has 0 radical (unpaired) electrons. The zero-order valence-corrected chi connectivity index (χ0v) is 39.2. The van der Waals surface area contributed by atoms with Crippen LogP contribution in [0.3, 0.4) is 0 Å². The first kappa shape index (κ1) is 42.4. The normalized spacial score (nSPS) is 12.3. The molecule has 0 N–H and O–H groups in total. The van der Waals surface area contributed by atoms with Crippen LogP contribution in [-0.4, -0.2) is 15.0 Å². The second-order valence-electron chi connectivity index (χ2n) is 18.1. The summed E-state index contributed by atoms with van der Waals surface area (Å²) in [5, 5.41) is 0. The van der Waals surface area contributed by atoms with Crippen molar-refractivity contribution in [3.05, 3.63) is 271 Å². The molecule has 0 saturated carbocycles. The van der Waals surface area contributed by atoms with Crippen LogP contribution < -0.4 is 9.80 Å². The Morgan fingerprint density at radius 3 is 1.03 bits per heavy atom. The van der Waals surface area contributed by atoms with E-state index in [1.54, 1.807) is 0 Å². The molecule has 13 rings (SSSR count). The van der Waals surface area contributed by atoms with Crippen molar-refractivity contribution in [1.82, 2.24) is 15.0 Å². The summed E-state index contributed by atoms with van der Waals surface area (Å²) in [5.74, 6) is 1.91. The molecule has 1 aromatic heterocycles. The van der Waals surface area contributed by atoms with Crippen LogP contribution in [0.4, 0.5) is 34.1 Å². The van der Waals surface area contributed by atoms with E-state index < -0.39 is 0 Å². The van der Waals surface area contributed by atoms with E-state index in [0.717, 1.165) is 67.4 Å². The van der Waals surface area contributed by atoms with Crippen molar-refractivity contribution in [3.8, 4) is 67.5 Å². The standard InChI is InChI=1S/C67H45N5/c1-4-17-50(18-5-1)65-68-66(51-19-6-2-7-20-51)70-67(69-65)52-35-39-60(40-36-52)72-62-26-13-11-16-49(62)31-33-57-44-55(37-41-64(57)72)47-29-27-46(28-30-47)53-21-14-22-54(43-53)56-38-42-63-58(45-56)34-32-48-15-10-12-25-61(48)71(63)59-23-8-3-9-24-59/h1-45H. The quantitative estimate of drug-likeness (QED) is 0.152. The number of hydrogen-bond donors (Lipinski definition) is 0. The Morgan fingerprint density at radius 2 is 0.528 bits per heavy atom. The second kappa shape index (κ2) is 18.3. The predicted molar refractivity (Wildman–Crippen MR) is 300 cm³/mol. The van der Waals surface area contributed by atoms with Gasteiger partial charge in [0.2, 0.25) is 0 Å². The molecule has 0 bridgehead atoms. The lowest BCUT2D eigenvalue weighted by Crippen LogP contribution is -2.11. The molecule has 338 valence electrons. The highest BCUT2D eigenvalue weighted by Gasteiger charge is 2.23. The van der Waals surface area contributed by atoms with E-state index >= 15 is 0 Å². The van der Waals surface area contributed by atoms with Gasteiger partial charge in [-0.05, 0) is 134 Å². The Morgan fingerprint density at radius 1 is 0.208 bits per heavy atom. The van der Waals surface area contributed by atoms with Crippen molar-refractivity contribution in [1.29, 1.82) is 0 Å². The van der Waals surface area contributed by atoms with E-state index in [9.17, 15) is 0 Å². The van der Waals surface area contributed by atoms with Crippen molar-refractivity contribution < 1.29 is 0 Å². The monoisotopic (exact) mass is 919 g/mol. The van der Waals surface area contributed by atoms with E-state index in [1.165, 1.54) is 39.1 Å². The van der Waals surface area contributed by atoms with Crippen LogP contribution >= 0.6 is 0 Å².